The van der Waals surface area contributed by atoms with Crippen LogP contribution in [0.4, 0.5) is 13.2 Å². The van der Waals surface area contributed by atoms with Gasteiger partial charge in [-0.05, 0) is 37.8 Å². The molecule has 1 saturated carbocycles. The van der Waals surface area contributed by atoms with Gasteiger partial charge in [-0.15, -0.1) is 11.3 Å². The second kappa shape index (κ2) is 7.88. The predicted octanol–water partition coefficient (Wildman–Crippen LogP) is 4.26. The van der Waals surface area contributed by atoms with Crippen molar-refractivity contribution < 1.29 is 13.2 Å². The number of hydrogen-bond donors (Lipinski definition) is 2. The molecule has 0 spiro atoms. The lowest BCUT2D eigenvalue weighted by Crippen LogP contribution is -2.41. The molecule has 0 amide bonds. The van der Waals surface area contributed by atoms with Gasteiger partial charge in [0.1, 0.15) is 5.01 Å². The number of thiazole rings is 1. The van der Waals surface area contributed by atoms with Crippen LogP contribution in [-0.4, -0.2) is 24.0 Å². The molecule has 2 N–H and O–H groups in total. The summed E-state index contributed by atoms with van der Waals surface area (Å²) >= 11 is 0.978. The van der Waals surface area contributed by atoms with E-state index < -0.39 is 11.9 Å². The smallest absolute Gasteiger partial charge is 0.357 e. The second-order valence-corrected chi connectivity index (χ2v) is 7.71. The van der Waals surface area contributed by atoms with Crippen LogP contribution in [0.3, 0.4) is 0 Å². The van der Waals surface area contributed by atoms with E-state index in [4.69, 9.17) is 0 Å². The number of aliphatic imine (C=N–C) groups is 1. The fourth-order valence-corrected chi connectivity index (χ4v) is 3.84. The average Bonchev–Trinajstić information content (AvgIpc) is 3.24. The Morgan fingerprint density at radius 3 is 2.59 bits per heavy atom. The van der Waals surface area contributed by atoms with Crippen molar-refractivity contribution in [2.24, 2.45) is 4.99 Å². The van der Waals surface area contributed by atoms with Crippen LogP contribution in [0.2, 0.25) is 0 Å². The fourth-order valence-electron chi connectivity index (χ4n) is 3.12. The van der Waals surface area contributed by atoms with Crippen LogP contribution in [0.25, 0.3) is 0 Å². The van der Waals surface area contributed by atoms with E-state index in [1.165, 1.54) is 11.1 Å². The van der Waals surface area contributed by atoms with E-state index in [0.29, 0.717) is 17.5 Å². The topological polar surface area (TPSA) is 49.3 Å². The Bertz CT molecular complexity index is 809. The minimum Gasteiger partial charge on any atom is -0.357 e. The van der Waals surface area contributed by atoms with Gasteiger partial charge in [0.15, 0.2) is 11.7 Å². The molecule has 1 aromatic carbocycles. The van der Waals surface area contributed by atoms with Gasteiger partial charge in [0.25, 0.3) is 0 Å². The van der Waals surface area contributed by atoms with E-state index in [0.717, 1.165) is 36.1 Å². The molecule has 27 heavy (non-hydrogen) atoms. The minimum atomic E-state index is -4.41. The number of nitrogens with zero attached hydrogens (tertiary/aromatic N) is 2. The van der Waals surface area contributed by atoms with Crippen molar-refractivity contribution in [3.05, 3.63) is 51.5 Å². The van der Waals surface area contributed by atoms with Crippen molar-refractivity contribution in [3.8, 4) is 0 Å². The van der Waals surface area contributed by atoms with Gasteiger partial charge in [-0.1, -0.05) is 24.3 Å². The molecule has 1 heterocycles. The van der Waals surface area contributed by atoms with E-state index in [9.17, 15) is 13.2 Å². The zero-order valence-electron chi connectivity index (χ0n) is 15.4. The summed E-state index contributed by atoms with van der Waals surface area (Å²) in [5.41, 5.74) is 1.89. The molecule has 1 aromatic heterocycles. The predicted molar refractivity (Wildman–Crippen MR) is 102 cm³/mol. The molecule has 1 aliphatic carbocycles. The molecule has 0 bridgehead atoms. The van der Waals surface area contributed by atoms with Crippen LogP contribution in [0, 0.1) is 6.92 Å². The molecule has 1 fully saturated rings. The van der Waals surface area contributed by atoms with Crippen molar-refractivity contribution in [1.82, 2.24) is 15.6 Å². The number of nitrogens with one attached hydrogen (secondary N) is 2. The number of halogens is 3. The largest absolute Gasteiger partial charge is 0.434 e. The molecule has 4 nitrogen and oxygen atoms in total. The van der Waals surface area contributed by atoms with Crippen LogP contribution < -0.4 is 10.6 Å². The Morgan fingerprint density at radius 2 is 2.00 bits per heavy atom. The Balaban J connectivity index is 1.65. The first-order valence-corrected chi connectivity index (χ1v) is 9.82. The highest BCUT2D eigenvalue weighted by Gasteiger charge is 2.44. The number of aryl methyl sites for hydroxylation is 1. The second-order valence-electron chi connectivity index (χ2n) is 6.77. The van der Waals surface area contributed by atoms with E-state index in [-0.39, 0.29) is 12.0 Å². The summed E-state index contributed by atoms with van der Waals surface area (Å²) < 4.78 is 38.0. The minimum absolute atomic E-state index is 0.117. The Labute approximate surface area is 160 Å². The summed E-state index contributed by atoms with van der Waals surface area (Å²) in [5, 5.41) is 7.88. The quantitative estimate of drug-likeness (QED) is 0.567. The zero-order valence-corrected chi connectivity index (χ0v) is 16.2. The van der Waals surface area contributed by atoms with Gasteiger partial charge in [-0.3, -0.25) is 0 Å². The van der Waals surface area contributed by atoms with Crippen LogP contribution in [0.5, 0.6) is 0 Å². The highest BCUT2D eigenvalue weighted by atomic mass is 32.1. The highest BCUT2D eigenvalue weighted by molar-refractivity contribution is 7.09. The number of benzene rings is 1. The van der Waals surface area contributed by atoms with Gasteiger partial charge >= 0.3 is 6.18 Å². The number of aromatic nitrogens is 1. The van der Waals surface area contributed by atoms with E-state index in [1.54, 1.807) is 0 Å². The van der Waals surface area contributed by atoms with Crippen LogP contribution >= 0.6 is 11.3 Å². The van der Waals surface area contributed by atoms with E-state index >= 15 is 0 Å². The van der Waals surface area contributed by atoms with Crippen molar-refractivity contribution in [1.29, 1.82) is 0 Å². The molecule has 1 aliphatic rings. The molecule has 0 unspecified atom stereocenters. The van der Waals surface area contributed by atoms with Crippen LogP contribution in [0.15, 0.2) is 34.6 Å². The van der Waals surface area contributed by atoms with Gasteiger partial charge in [-0.25, -0.2) is 9.98 Å². The SMILES string of the molecule is CCNC(=NCc1nc(C(F)(F)F)cs1)NCC1(c2ccccc2C)CC1. The summed E-state index contributed by atoms with van der Waals surface area (Å²) in [7, 11) is 0. The fraction of sp³-hybridized carbons (Fsp3) is 0.474. The summed E-state index contributed by atoms with van der Waals surface area (Å²) in [5.74, 6) is 0.598. The standard InChI is InChI=1S/C19H23F3N4S/c1-3-23-17(24-10-16-26-15(11-27-16)19(20,21)22)25-12-18(8-9-18)14-7-5-4-6-13(14)2/h4-7,11H,3,8-10,12H2,1-2H3,(H2,23,24,25). The van der Waals surface area contributed by atoms with Crippen molar-refractivity contribution in [2.75, 3.05) is 13.1 Å². The summed E-state index contributed by atoms with van der Waals surface area (Å²) in [6, 6.07) is 8.39. The molecule has 0 aliphatic heterocycles. The first kappa shape index (κ1) is 19.7. The summed E-state index contributed by atoms with van der Waals surface area (Å²) in [6.07, 6.45) is -2.18. The van der Waals surface area contributed by atoms with E-state index in [1.807, 2.05) is 13.0 Å². The Kier molecular flexibility index (Phi) is 5.74. The maximum atomic E-state index is 12.7. The third kappa shape index (κ3) is 4.80. The van der Waals surface area contributed by atoms with Gasteiger partial charge in [-0.2, -0.15) is 13.2 Å². The number of rotatable bonds is 6. The maximum absolute atomic E-state index is 12.7. The van der Waals surface area contributed by atoms with Crippen molar-refractivity contribution in [2.45, 2.75) is 44.8 Å². The Hall–Kier alpha value is -2.09. The molecule has 146 valence electrons. The molecule has 2 aromatic rings. The van der Waals surface area contributed by atoms with Crippen LogP contribution in [0.1, 0.15) is 41.6 Å². The lowest BCUT2D eigenvalue weighted by molar-refractivity contribution is -0.140. The molecule has 8 heteroatoms. The normalized spacial score (nSPS) is 16.3. The van der Waals surface area contributed by atoms with Crippen molar-refractivity contribution >= 4 is 17.3 Å². The number of hydrogen-bond acceptors (Lipinski definition) is 3. The average molecular weight is 396 g/mol. The summed E-state index contributed by atoms with van der Waals surface area (Å²) in [4.78, 5) is 8.03. The molecular weight excluding hydrogens is 373 g/mol. The van der Waals surface area contributed by atoms with Gasteiger partial charge < -0.3 is 10.6 Å². The number of alkyl halides is 3. The van der Waals surface area contributed by atoms with Gasteiger partial charge in [0.2, 0.25) is 0 Å². The Morgan fingerprint density at radius 1 is 1.26 bits per heavy atom. The molecule has 3 rings (SSSR count). The molecule has 0 atom stereocenters. The molecular formula is C19H23F3N4S. The molecule has 0 radical (unpaired) electrons. The lowest BCUT2D eigenvalue weighted by Gasteiger charge is -2.20. The van der Waals surface area contributed by atoms with E-state index in [2.05, 4.69) is 45.7 Å². The maximum Gasteiger partial charge on any atom is 0.434 e. The monoisotopic (exact) mass is 396 g/mol. The van der Waals surface area contributed by atoms with Gasteiger partial charge in [0.05, 0.1) is 6.54 Å². The zero-order chi connectivity index (χ0) is 19.5. The lowest BCUT2D eigenvalue weighted by atomic mass is 9.92. The summed E-state index contributed by atoms with van der Waals surface area (Å²) in [6.45, 7) is 5.61. The third-order valence-corrected chi connectivity index (χ3v) is 5.56. The van der Waals surface area contributed by atoms with Gasteiger partial charge in [0, 0.05) is 23.9 Å². The first-order valence-electron chi connectivity index (χ1n) is 8.94. The molecule has 0 saturated heterocycles. The number of guanidine groups is 1. The highest BCUT2D eigenvalue weighted by Crippen LogP contribution is 2.48. The third-order valence-electron chi connectivity index (χ3n) is 4.72. The van der Waals surface area contributed by atoms with Crippen molar-refractivity contribution in [3.63, 3.8) is 0 Å². The van der Waals surface area contributed by atoms with Crippen LogP contribution in [-0.2, 0) is 18.1 Å². The first-order chi connectivity index (χ1) is 12.8.